The van der Waals surface area contributed by atoms with Crippen LogP contribution in [0.15, 0.2) is 59.7 Å². The first-order chi connectivity index (χ1) is 15.3. The van der Waals surface area contributed by atoms with E-state index in [2.05, 4.69) is 6.92 Å². The lowest BCUT2D eigenvalue weighted by molar-refractivity contribution is -0.131. The van der Waals surface area contributed by atoms with Gasteiger partial charge in [-0.15, -0.1) is 0 Å². The van der Waals surface area contributed by atoms with Crippen molar-refractivity contribution in [3.63, 3.8) is 0 Å². The van der Waals surface area contributed by atoms with Crippen LogP contribution in [0.2, 0.25) is 0 Å². The Labute approximate surface area is 188 Å². The lowest BCUT2D eigenvalue weighted by Crippen LogP contribution is -2.40. The van der Waals surface area contributed by atoms with Crippen molar-refractivity contribution in [2.24, 2.45) is 0 Å². The molecule has 0 aliphatic carbocycles. The van der Waals surface area contributed by atoms with E-state index >= 15 is 0 Å². The molecule has 1 atom stereocenters. The number of unbranched alkanes of at least 4 members (excludes halogenated alkanes) is 1. The van der Waals surface area contributed by atoms with E-state index < -0.39 is 16.0 Å². The topological polar surface area (TPSA) is 96.4 Å². The second kappa shape index (κ2) is 10.1. The number of nitrogens with zero attached hydrogens (tertiary/aromatic N) is 2. The first-order valence-corrected chi connectivity index (χ1v) is 11.8. The number of hydrogen-bond acceptors (Lipinski definition) is 6. The molecule has 0 saturated heterocycles. The van der Waals surface area contributed by atoms with Crippen LogP contribution >= 0.6 is 0 Å². The molecule has 9 heteroatoms. The Balaban J connectivity index is 2.20. The predicted molar refractivity (Wildman–Crippen MR) is 122 cm³/mol. The minimum Gasteiger partial charge on any atom is -0.493 e. The largest absolute Gasteiger partial charge is 0.493 e. The van der Waals surface area contributed by atoms with Crippen molar-refractivity contribution in [1.29, 1.82) is 0 Å². The van der Waals surface area contributed by atoms with Gasteiger partial charge in [-0.25, -0.2) is 13.2 Å². The number of aliphatic carboxylic acids is 1. The number of methoxy groups -OCH3 is 1. The summed E-state index contributed by atoms with van der Waals surface area (Å²) in [5.41, 5.74) is 1.34. The van der Waals surface area contributed by atoms with E-state index in [1.807, 2.05) is 35.2 Å². The number of carboxylic acids is 1. The van der Waals surface area contributed by atoms with E-state index in [0.29, 0.717) is 18.0 Å². The number of likely N-dealkylation sites (N-methyl/N-ethyl adjacent to an activating group) is 1. The molecule has 0 fully saturated rings. The van der Waals surface area contributed by atoms with Crippen LogP contribution in [0.3, 0.4) is 0 Å². The molecular weight excluding hydrogens is 432 g/mol. The Bertz CT molecular complexity index is 1090. The Morgan fingerprint density at radius 1 is 1.22 bits per heavy atom. The van der Waals surface area contributed by atoms with E-state index in [-0.39, 0.29) is 16.7 Å². The highest BCUT2D eigenvalue weighted by Gasteiger charge is 2.37. The molecule has 2 aromatic carbocycles. The average molecular weight is 461 g/mol. The number of sulfonamides is 1. The van der Waals surface area contributed by atoms with Crippen LogP contribution < -0.4 is 14.4 Å². The SMILES string of the molecule is CCCCC1CN(c2ccccc2)c2cc(OC)c(O/C=C/C(=O)O)cc2S(=O)(=O)N1C. The van der Waals surface area contributed by atoms with Gasteiger partial charge in [0.1, 0.15) is 4.90 Å². The summed E-state index contributed by atoms with van der Waals surface area (Å²) in [6.45, 7) is 2.56. The van der Waals surface area contributed by atoms with E-state index in [4.69, 9.17) is 14.6 Å². The number of ether oxygens (including phenoxy) is 2. The Kier molecular flexibility index (Phi) is 7.42. The summed E-state index contributed by atoms with van der Waals surface area (Å²) in [6.07, 6.45) is 4.40. The van der Waals surface area contributed by atoms with Crippen molar-refractivity contribution in [2.75, 3.05) is 25.6 Å². The molecule has 1 unspecified atom stereocenters. The summed E-state index contributed by atoms with van der Waals surface area (Å²) < 4.78 is 39.5. The van der Waals surface area contributed by atoms with Crippen LogP contribution in [0.1, 0.15) is 26.2 Å². The van der Waals surface area contributed by atoms with Crippen LogP contribution in [0.5, 0.6) is 11.5 Å². The molecule has 0 radical (unpaired) electrons. The molecule has 0 bridgehead atoms. The van der Waals surface area contributed by atoms with Crippen molar-refractivity contribution in [2.45, 2.75) is 37.1 Å². The number of hydrogen-bond donors (Lipinski definition) is 1. The van der Waals surface area contributed by atoms with Crippen LogP contribution in [0.25, 0.3) is 0 Å². The number of rotatable bonds is 8. The molecule has 1 N–H and O–H groups in total. The fourth-order valence-corrected chi connectivity index (χ4v) is 5.27. The highest BCUT2D eigenvalue weighted by Crippen LogP contribution is 2.43. The summed E-state index contributed by atoms with van der Waals surface area (Å²) in [5.74, 6) is -0.773. The smallest absolute Gasteiger partial charge is 0.331 e. The van der Waals surface area contributed by atoms with Gasteiger partial charge in [0.05, 0.1) is 25.1 Å². The minimum atomic E-state index is -3.85. The van der Waals surface area contributed by atoms with Crippen molar-refractivity contribution in [3.05, 3.63) is 54.8 Å². The summed E-state index contributed by atoms with van der Waals surface area (Å²) in [4.78, 5) is 12.8. The van der Waals surface area contributed by atoms with E-state index in [9.17, 15) is 13.2 Å². The lowest BCUT2D eigenvalue weighted by Gasteiger charge is -2.29. The quantitative estimate of drug-likeness (QED) is 0.470. The zero-order valence-electron chi connectivity index (χ0n) is 18.4. The molecule has 0 aromatic heterocycles. The average Bonchev–Trinajstić information content (AvgIpc) is 2.86. The first-order valence-electron chi connectivity index (χ1n) is 10.4. The molecular formula is C23H28N2O6S. The maximum atomic E-state index is 13.6. The van der Waals surface area contributed by atoms with Crippen molar-refractivity contribution >= 4 is 27.4 Å². The van der Waals surface area contributed by atoms with Crippen LogP contribution in [-0.4, -0.2) is 50.5 Å². The number of carboxylic acid groups (broad SMARTS) is 1. The third-order valence-electron chi connectivity index (χ3n) is 5.46. The van der Waals surface area contributed by atoms with Gasteiger partial charge >= 0.3 is 5.97 Å². The van der Waals surface area contributed by atoms with Gasteiger partial charge < -0.3 is 19.5 Å². The zero-order chi connectivity index (χ0) is 23.3. The van der Waals surface area contributed by atoms with E-state index in [0.717, 1.165) is 37.3 Å². The molecule has 0 saturated carbocycles. The van der Waals surface area contributed by atoms with Crippen molar-refractivity contribution in [3.8, 4) is 11.5 Å². The highest BCUT2D eigenvalue weighted by molar-refractivity contribution is 7.89. The van der Waals surface area contributed by atoms with Gasteiger partial charge in [0.2, 0.25) is 10.0 Å². The van der Waals surface area contributed by atoms with Crippen molar-refractivity contribution < 1.29 is 27.8 Å². The van der Waals surface area contributed by atoms with Crippen LogP contribution in [-0.2, 0) is 14.8 Å². The standard InChI is InChI=1S/C23H28N2O6S/c1-4-5-9-18-16-25(17-10-7-6-8-11-17)19-14-20(30-3)21(31-13-12-23(26)27)15-22(19)32(28,29)24(18)2/h6-8,10-15,18H,4-5,9,16H2,1-3H3,(H,26,27)/b13-12+. The number of fused-ring (bicyclic) bond motifs is 1. The van der Waals surface area contributed by atoms with Crippen LogP contribution in [0.4, 0.5) is 11.4 Å². The van der Waals surface area contributed by atoms with Gasteiger partial charge in [-0.2, -0.15) is 4.31 Å². The Morgan fingerprint density at radius 2 is 1.94 bits per heavy atom. The first kappa shape index (κ1) is 23.6. The monoisotopic (exact) mass is 460 g/mol. The fraction of sp³-hybridized carbons (Fsp3) is 0.348. The maximum Gasteiger partial charge on any atom is 0.331 e. The number of carbonyl (C=O) groups is 1. The van der Waals surface area contributed by atoms with E-state index in [1.165, 1.54) is 17.5 Å². The molecule has 1 heterocycles. The Hall–Kier alpha value is -3.04. The van der Waals surface area contributed by atoms with Crippen molar-refractivity contribution in [1.82, 2.24) is 4.31 Å². The van der Waals surface area contributed by atoms with E-state index in [1.54, 1.807) is 13.1 Å². The highest BCUT2D eigenvalue weighted by atomic mass is 32.2. The van der Waals surface area contributed by atoms with Gasteiger partial charge in [0.15, 0.2) is 11.5 Å². The molecule has 172 valence electrons. The zero-order valence-corrected chi connectivity index (χ0v) is 19.2. The molecule has 0 amide bonds. The lowest BCUT2D eigenvalue weighted by atomic mass is 10.1. The molecule has 1 aliphatic heterocycles. The Morgan fingerprint density at radius 3 is 2.56 bits per heavy atom. The maximum absolute atomic E-state index is 13.6. The molecule has 1 aliphatic rings. The third kappa shape index (κ3) is 4.89. The fourth-order valence-electron chi connectivity index (χ4n) is 3.71. The summed E-state index contributed by atoms with van der Waals surface area (Å²) >= 11 is 0. The minimum absolute atomic E-state index is 0.0716. The summed E-state index contributed by atoms with van der Waals surface area (Å²) in [5, 5.41) is 8.82. The second-order valence-corrected chi connectivity index (χ2v) is 9.46. The second-order valence-electron chi connectivity index (χ2n) is 7.49. The predicted octanol–water partition coefficient (Wildman–Crippen LogP) is 4.00. The van der Waals surface area contributed by atoms with Gasteiger partial charge in [-0.3, -0.25) is 0 Å². The molecule has 8 nitrogen and oxygen atoms in total. The molecule has 32 heavy (non-hydrogen) atoms. The van der Waals surface area contributed by atoms with Gasteiger partial charge in [0, 0.05) is 37.5 Å². The molecule has 2 aromatic rings. The third-order valence-corrected chi connectivity index (χ3v) is 7.40. The normalized spacial score (nSPS) is 18.2. The number of anilines is 2. The molecule has 3 rings (SSSR count). The number of benzene rings is 2. The summed E-state index contributed by atoms with van der Waals surface area (Å²) in [7, 11) is -0.802. The number of para-hydroxylation sites is 1. The summed E-state index contributed by atoms with van der Waals surface area (Å²) in [6, 6.07) is 12.4. The van der Waals surface area contributed by atoms with Crippen LogP contribution in [0, 0.1) is 0 Å². The molecule has 0 spiro atoms. The van der Waals surface area contributed by atoms with Gasteiger partial charge in [-0.05, 0) is 18.6 Å². The van der Waals surface area contributed by atoms with Gasteiger partial charge in [-0.1, -0.05) is 38.0 Å². The van der Waals surface area contributed by atoms with Gasteiger partial charge in [0.25, 0.3) is 0 Å².